The second-order valence-electron chi connectivity index (χ2n) is 1.18. The fraction of sp³-hybridized carbons (Fsp3) is 0. The Morgan fingerprint density at radius 3 is 0.909 bits per heavy atom. The molecule has 0 aromatic heterocycles. The van der Waals surface area contributed by atoms with Crippen molar-refractivity contribution in [3.63, 3.8) is 0 Å². The molecule has 11 heavy (non-hydrogen) atoms. The van der Waals surface area contributed by atoms with Gasteiger partial charge in [-0.25, -0.2) is 8.42 Å². The van der Waals surface area contributed by atoms with Crippen molar-refractivity contribution in [3.05, 3.63) is 0 Å². The van der Waals surface area contributed by atoms with Crippen LogP contribution in [0.4, 0.5) is 0 Å². The molecule has 0 aliphatic heterocycles. The van der Waals surface area contributed by atoms with Gasteiger partial charge in [0.15, 0.2) is 9.39 Å². The molecule has 0 saturated heterocycles. The first-order chi connectivity index (χ1) is 4.00. The fourth-order valence-electron chi connectivity index (χ4n) is 0. The zero-order valence-electron chi connectivity index (χ0n) is 4.79. The summed E-state index contributed by atoms with van der Waals surface area (Å²) in [5, 5.41) is 0. The molecule has 0 bridgehead atoms. The molecule has 0 aliphatic carbocycles. The van der Waals surface area contributed by atoms with Crippen LogP contribution >= 0.6 is 0 Å². The van der Waals surface area contributed by atoms with E-state index in [1.165, 1.54) is 0 Å². The zero-order valence-corrected chi connectivity index (χ0v) is 8.42. The van der Waals surface area contributed by atoms with Crippen molar-refractivity contribution >= 4 is 58.9 Å². The molecular formula is H7NaO7S2Si. The van der Waals surface area contributed by atoms with Crippen molar-refractivity contribution < 1.29 is 30.5 Å². The average molecular weight is 234 g/mol. The Hall–Kier alpha value is 0.997. The molecule has 0 heterocycles. The van der Waals surface area contributed by atoms with E-state index in [1.807, 2.05) is 0 Å². The van der Waals surface area contributed by atoms with E-state index in [-0.39, 0.29) is 38.9 Å². The van der Waals surface area contributed by atoms with Gasteiger partial charge in [-0.1, -0.05) is 0 Å². The predicted molar refractivity (Wildman–Crippen MR) is 42.8 cm³/mol. The summed E-state index contributed by atoms with van der Waals surface area (Å²) in [5.74, 6) is 0. The van der Waals surface area contributed by atoms with Gasteiger partial charge in [0, 0.05) is 0 Å². The van der Waals surface area contributed by atoms with Crippen LogP contribution in [0.15, 0.2) is 0 Å². The second kappa shape index (κ2) is 6.51. The molecule has 0 atom stereocenters. The third-order valence-electron chi connectivity index (χ3n) is 0. The SMILES string of the molecule is O=S(=O)(O)O.O=S(=O)(O)[SiH3].[NaH]. The van der Waals surface area contributed by atoms with Gasteiger partial charge in [-0.2, -0.15) is 8.42 Å². The van der Waals surface area contributed by atoms with E-state index in [4.69, 9.17) is 22.1 Å². The monoisotopic (exact) mass is 234 g/mol. The minimum atomic E-state index is -4.67. The van der Waals surface area contributed by atoms with Crippen LogP contribution in [0.5, 0.6) is 0 Å². The Kier molecular flexibility index (Phi) is 10.6. The molecule has 0 spiro atoms. The molecule has 0 rings (SSSR count). The Morgan fingerprint density at radius 1 is 0.909 bits per heavy atom. The van der Waals surface area contributed by atoms with Crippen LogP contribution in [-0.2, 0) is 20.0 Å². The molecule has 7 nitrogen and oxygen atoms in total. The maximum absolute atomic E-state index is 9.25. The summed E-state index contributed by atoms with van der Waals surface area (Å²) in [6, 6.07) is 0. The fourth-order valence-corrected chi connectivity index (χ4v) is 0. The van der Waals surface area contributed by atoms with Crippen LogP contribution in [0.1, 0.15) is 0 Å². The van der Waals surface area contributed by atoms with Crippen molar-refractivity contribution in [2.45, 2.75) is 0 Å². The standard InChI is InChI=1S/Na.H2O4S.H4O3SSi.H/c;1-5(2,3)4;1-4(2,3)5;/h;(H2,1,2,3,4);5H3,(H,1,2,3);. The van der Waals surface area contributed by atoms with E-state index in [9.17, 15) is 8.42 Å². The van der Waals surface area contributed by atoms with E-state index >= 15 is 0 Å². The first-order valence-electron chi connectivity index (χ1n) is 1.62. The van der Waals surface area contributed by atoms with Crippen LogP contribution in [0.25, 0.3) is 0 Å². The molecule has 3 N–H and O–H groups in total. The van der Waals surface area contributed by atoms with Crippen LogP contribution in [0, 0.1) is 0 Å². The Labute approximate surface area is 88.9 Å². The molecule has 11 heteroatoms. The minimum absolute atomic E-state index is 0. The van der Waals surface area contributed by atoms with E-state index in [0.717, 1.165) is 0 Å². The van der Waals surface area contributed by atoms with Crippen LogP contribution in [-0.4, -0.2) is 69.4 Å². The quantitative estimate of drug-likeness (QED) is 0.298. The first kappa shape index (κ1) is 17.9. The summed E-state index contributed by atoms with van der Waals surface area (Å²) >= 11 is 0. The normalized spacial score (nSPS) is 10.8. The van der Waals surface area contributed by atoms with Gasteiger partial charge >= 0.3 is 40.0 Å². The topological polar surface area (TPSA) is 129 Å². The van der Waals surface area contributed by atoms with Gasteiger partial charge < -0.3 is 0 Å². The summed E-state index contributed by atoms with van der Waals surface area (Å²) in [4.78, 5) is 0. The predicted octanol–water partition coefficient (Wildman–Crippen LogP) is -3.15. The van der Waals surface area contributed by atoms with Gasteiger partial charge in [0.25, 0.3) is 0 Å². The summed E-state index contributed by atoms with van der Waals surface area (Å²) in [7, 11) is -8.36. The van der Waals surface area contributed by atoms with Crippen LogP contribution < -0.4 is 0 Å². The number of hydrogen-bond donors (Lipinski definition) is 3. The van der Waals surface area contributed by atoms with Crippen molar-refractivity contribution in [2.75, 3.05) is 0 Å². The summed E-state index contributed by atoms with van der Waals surface area (Å²) < 4.78 is 57.6. The summed E-state index contributed by atoms with van der Waals surface area (Å²) in [5.41, 5.74) is 0. The molecular weight excluding hydrogens is 227 g/mol. The first-order valence-corrected chi connectivity index (χ1v) is 7.32. The molecule has 0 amide bonds. The van der Waals surface area contributed by atoms with Gasteiger partial charge in [-0.15, -0.1) is 0 Å². The summed E-state index contributed by atoms with van der Waals surface area (Å²) in [6.07, 6.45) is 0. The third-order valence-corrected chi connectivity index (χ3v) is 0. The van der Waals surface area contributed by atoms with Gasteiger partial charge in [-0.05, 0) is 0 Å². The molecule has 66 valence electrons. The molecule has 0 saturated carbocycles. The van der Waals surface area contributed by atoms with Crippen molar-refractivity contribution in [1.82, 2.24) is 0 Å². The van der Waals surface area contributed by atoms with E-state index in [2.05, 4.69) is 0 Å². The van der Waals surface area contributed by atoms with E-state index < -0.39 is 20.0 Å². The molecule has 0 unspecified atom stereocenters. The summed E-state index contributed by atoms with van der Waals surface area (Å²) in [6.45, 7) is 0. The Bertz CT molecular complexity index is 213. The second-order valence-corrected chi connectivity index (χ2v) is 6.64. The zero-order chi connectivity index (χ0) is 9.00. The molecule has 0 aromatic carbocycles. The average Bonchev–Trinajstić information content (AvgIpc) is 1.12. The van der Waals surface area contributed by atoms with Crippen molar-refractivity contribution in [3.8, 4) is 0 Å². The molecule has 0 aromatic rings. The van der Waals surface area contributed by atoms with Crippen LogP contribution in [0.2, 0.25) is 0 Å². The van der Waals surface area contributed by atoms with Gasteiger partial charge in [0.1, 0.15) is 0 Å². The molecule has 0 radical (unpaired) electrons. The molecule has 0 aliphatic rings. The van der Waals surface area contributed by atoms with Gasteiger partial charge in [0.2, 0.25) is 9.57 Å². The number of rotatable bonds is 0. The van der Waals surface area contributed by atoms with Gasteiger partial charge in [-0.3, -0.25) is 13.7 Å². The number of hydrogen-bond acceptors (Lipinski definition) is 4. The maximum atomic E-state index is 9.25. The van der Waals surface area contributed by atoms with E-state index in [1.54, 1.807) is 0 Å². The van der Waals surface area contributed by atoms with Gasteiger partial charge in [0.05, 0.1) is 0 Å². The van der Waals surface area contributed by atoms with E-state index in [0.29, 0.717) is 0 Å². The molecule has 0 fully saturated rings. The van der Waals surface area contributed by atoms with Crippen molar-refractivity contribution in [2.24, 2.45) is 0 Å². The van der Waals surface area contributed by atoms with Crippen LogP contribution in [0.3, 0.4) is 0 Å². The third kappa shape index (κ3) is 896. The Balaban J connectivity index is -0.000000107. The van der Waals surface area contributed by atoms with Crippen molar-refractivity contribution in [1.29, 1.82) is 0 Å². The Morgan fingerprint density at radius 2 is 0.909 bits per heavy atom.